The number of hydrogen-bond donors (Lipinski definition) is 2. The molecule has 1 unspecified atom stereocenters. The number of nitrogens with one attached hydrogen (secondary N) is 2. The third-order valence-corrected chi connectivity index (χ3v) is 3.04. The van der Waals surface area contributed by atoms with Crippen molar-refractivity contribution in [1.82, 2.24) is 10.6 Å². The summed E-state index contributed by atoms with van der Waals surface area (Å²) in [5.74, 6) is 0.138. The maximum Gasteiger partial charge on any atom is 0.236 e. The highest BCUT2D eigenvalue weighted by Crippen LogP contribution is 2.34. The maximum atomic E-state index is 11.6. The Balaban J connectivity index is 2.10. The number of carbonyl (C=O) groups excluding carboxylic acids is 1. The van der Waals surface area contributed by atoms with Gasteiger partial charge in [-0.3, -0.25) is 4.79 Å². The van der Waals surface area contributed by atoms with E-state index in [-0.39, 0.29) is 17.5 Å². The topological polar surface area (TPSA) is 41.1 Å². The Kier molecular flexibility index (Phi) is 4.58. The molecule has 1 amide bonds. The predicted molar refractivity (Wildman–Crippen MR) is 62.8 cm³/mol. The van der Waals surface area contributed by atoms with Crippen molar-refractivity contribution in [3.63, 3.8) is 0 Å². The monoisotopic (exact) mass is 212 g/mol. The van der Waals surface area contributed by atoms with Gasteiger partial charge in [0.1, 0.15) is 0 Å². The summed E-state index contributed by atoms with van der Waals surface area (Å²) in [6.07, 6.45) is 5.87. The molecule has 0 heterocycles. The van der Waals surface area contributed by atoms with Crippen molar-refractivity contribution in [3.8, 4) is 0 Å². The van der Waals surface area contributed by atoms with Gasteiger partial charge in [0, 0.05) is 12.1 Å². The molecule has 1 aliphatic carbocycles. The first kappa shape index (κ1) is 12.5. The molecule has 1 atom stereocenters. The highest BCUT2D eigenvalue weighted by Gasteiger charge is 2.38. The summed E-state index contributed by atoms with van der Waals surface area (Å²) in [6, 6.07) is -0.0564. The third-order valence-electron chi connectivity index (χ3n) is 3.04. The molecule has 3 nitrogen and oxygen atoms in total. The van der Waals surface area contributed by atoms with Crippen molar-refractivity contribution in [1.29, 1.82) is 0 Å². The van der Waals surface area contributed by atoms with Gasteiger partial charge in [-0.15, -0.1) is 0 Å². The molecule has 0 radical (unpaired) electrons. The lowest BCUT2D eigenvalue weighted by Crippen LogP contribution is -2.46. The quantitative estimate of drug-likeness (QED) is 0.632. The summed E-state index contributed by atoms with van der Waals surface area (Å²) in [5.41, 5.74) is 0.236. The van der Waals surface area contributed by atoms with Crippen molar-refractivity contribution in [2.45, 2.75) is 64.5 Å². The third kappa shape index (κ3) is 4.65. The van der Waals surface area contributed by atoms with Crippen LogP contribution in [0.5, 0.6) is 0 Å². The summed E-state index contributed by atoms with van der Waals surface area (Å²) in [6.45, 7) is 7.10. The Bertz CT molecular complexity index is 212. The summed E-state index contributed by atoms with van der Waals surface area (Å²) in [5, 5.41) is 6.32. The highest BCUT2D eigenvalue weighted by atomic mass is 16.2. The van der Waals surface area contributed by atoms with Crippen LogP contribution in [0.25, 0.3) is 0 Å². The first-order valence-corrected chi connectivity index (χ1v) is 6.13. The lowest BCUT2D eigenvalue weighted by atomic mass is 10.2. The van der Waals surface area contributed by atoms with Crippen LogP contribution in [-0.2, 0) is 4.79 Å². The van der Waals surface area contributed by atoms with Crippen LogP contribution in [0.15, 0.2) is 0 Å². The van der Waals surface area contributed by atoms with Gasteiger partial charge in [0.15, 0.2) is 0 Å². The average molecular weight is 212 g/mol. The van der Waals surface area contributed by atoms with Gasteiger partial charge in [0.25, 0.3) is 0 Å². The molecule has 0 aromatic carbocycles. The van der Waals surface area contributed by atoms with Crippen molar-refractivity contribution < 1.29 is 4.79 Å². The zero-order chi connectivity index (χ0) is 11.3. The Morgan fingerprint density at radius 3 is 2.60 bits per heavy atom. The van der Waals surface area contributed by atoms with Gasteiger partial charge in [-0.05, 0) is 33.1 Å². The average Bonchev–Trinajstić information content (AvgIpc) is 2.90. The highest BCUT2D eigenvalue weighted by molar-refractivity contribution is 5.81. The Labute approximate surface area is 93.0 Å². The van der Waals surface area contributed by atoms with E-state index in [0.717, 1.165) is 13.0 Å². The smallest absolute Gasteiger partial charge is 0.236 e. The van der Waals surface area contributed by atoms with Crippen molar-refractivity contribution in [3.05, 3.63) is 0 Å². The fourth-order valence-corrected chi connectivity index (χ4v) is 1.66. The van der Waals surface area contributed by atoms with Gasteiger partial charge in [-0.2, -0.15) is 0 Å². The Morgan fingerprint density at radius 1 is 1.40 bits per heavy atom. The molecule has 0 bridgehead atoms. The van der Waals surface area contributed by atoms with E-state index in [1.54, 1.807) is 0 Å². The summed E-state index contributed by atoms with van der Waals surface area (Å²) in [4.78, 5) is 11.6. The second kappa shape index (κ2) is 5.50. The summed E-state index contributed by atoms with van der Waals surface area (Å²) >= 11 is 0. The summed E-state index contributed by atoms with van der Waals surface area (Å²) < 4.78 is 0. The molecular weight excluding hydrogens is 188 g/mol. The molecule has 0 spiro atoms. The minimum Gasteiger partial charge on any atom is -0.355 e. The number of carbonyl (C=O) groups is 1. The molecule has 0 aliphatic heterocycles. The van der Waals surface area contributed by atoms with Crippen molar-refractivity contribution >= 4 is 5.91 Å². The largest absolute Gasteiger partial charge is 0.355 e. The van der Waals surface area contributed by atoms with Gasteiger partial charge >= 0.3 is 0 Å². The second-order valence-corrected chi connectivity index (χ2v) is 4.92. The second-order valence-electron chi connectivity index (χ2n) is 4.92. The van der Waals surface area contributed by atoms with Gasteiger partial charge in [0.05, 0.1) is 6.04 Å². The van der Waals surface area contributed by atoms with E-state index < -0.39 is 0 Å². The van der Waals surface area contributed by atoms with E-state index in [1.165, 1.54) is 25.7 Å². The number of hydrogen-bond acceptors (Lipinski definition) is 2. The van der Waals surface area contributed by atoms with Crippen LogP contribution in [-0.4, -0.2) is 24.0 Å². The molecule has 1 aliphatic rings. The van der Waals surface area contributed by atoms with Crippen LogP contribution in [0.1, 0.15) is 52.9 Å². The molecule has 1 saturated carbocycles. The fraction of sp³-hybridized carbons (Fsp3) is 0.917. The molecule has 1 fully saturated rings. The van der Waals surface area contributed by atoms with E-state index in [1.807, 2.05) is 6.92 Å². The van der Waals surface area contributed by atoms with E-state index in [9.17, 15) is 4.79 Å². The molecule has 88 valence electrons. The van der Waals surface area contributed by atoms with Crippen LogP contribution >= 0.6 is 0 Å². The molecule has 0 saturated heterocycles. The maximum absolute atomic E-state index is 11.6. The van der Waals surface area contributed by atoms with Crippen molar-refractivity contribution in [2.24, 2.45) is 0 Å². The number of unbranched alkanes of at least 4 members (excludes halogenated alkanes) is 2. The molecular formula is C12H24N2O. The molecule has 0 aromatic heterocycles. The molecule has 15 heavy (non-hydrogen) atoms. The van der Waals surface area contributed by atoms with Gasteiger partial charge < -0.3 is 10.6 Å². The molecule has 0 aromatic rings. The van der Waals surface area contributed by atoms with E-state index in [0.29, 0.717) is 0 Å². The predicted octanol–water partition coefficient (Wildman–Crippen LogP) is 1.82. The molecule has 1 rings (SSSR count). The first-order valence-electron chi connectivity index (χ1n) is 6.13. The van der Waals surface area contributed by atoms with E-state index in [4.69, 9.17) is 0 Å². The molecule has 2 N–H and O–H groups in total. The SMILES string of the molecule is CCCCCNC(=O)C(C)NC1(C)CC1. The number of rotatable bonds is 7. The van der Waals surface area contributed by atoms with Crippen LogP contribution < -0.4 is 10.6 Å². The minimum atomic E-state index is -0.0564. The number of amides is 1. The fourth-order valence-electron chi connectivity index (χ4n) is 1.66. The molecule has 3 heteroatoms. The zero-order valence-corrected chi connectivity index (χ0v) is 10.2. The minimum absolute atomic E-state index is 0.0564. The summed E-state index contributed by atoms with van der Waals surface area (Å²) in [7, 11) is 0. The van der Waals surface area contributed by atoms with Gasteiger partial charge in [-0.1, -0.05) is 19.8 Å². The Hall–Kier alpha value is -0.570. The van der Waals surface area contributed by atoms with Crippen LogP contribution in [0.3, 0.4) is 0 Å². The van der Waals surface area contributed by atoms with Gasteiger partial charge in [-0.25, -0.2) is 0 Å². The van der Waals surface area contributed by atoms with Crippen molar-refractivity contribution in [2.75, 3.05) is 6.54 Å². The van der Waals surface area contributed by atoms with Gasteiger partial charge in [0.2, 0.25) is 5.91 Å². The van der Waals surface area contributed by atoms with E-state index >= 15 is 0 Å². The van der Waals surface area contributed by atoms with Crippen LogP contribution in [0, 0.1) is 0 Å². The first-order chi connectivity index (χ1) is 7.07. The normalized spacial score (nSPS) is 19.7. The lowest BCUT2D eigenvalue weighted by molar-refractivity contribution is -0.123. The standard InChI is InChI=1S/C12H24N2O/c1-4-5-6-9-13-11(15)10(2)14-12(3)7-8-12/h10,14H,4-9H2,1-3H3,(H,13,15). The lowest BCUT2D eigenvalue weighted by Gasteiger charge is -2.18. The zero-order valence-electron chi connectivity index (χ0n) is 10.2. The Morgan fingerprint density at radius 2 is 2.07 bits per heavy atom. The van der Waals surface area contributed by atoms with E-state index in [2.05, 4.69) is 24.5 Å². The van der Waals surface area contributed by atoms with Crippen LogP contribution in [0.4, 0.5) is 0 Å². The van der Waals surface area contributed by atoms with Crippen LogP contribution in [0.2, 0.25) is 0 Å².